The molecule has 1 saturated carbocycles. The van der Waals surface area contributed by atoms with Crippen LogP contribution in [0, 0.1) is 11.8 Å². The molecule has 0 spiro atoms. The maximum Gasteiger partial charge on any atom is 0.137 e. The van der Waals surface area contributed by atoms with E-state index in [1.54, 1.807) is 6.33 Å². The predicted octanol–water partition coefficient (Wildman–Crippen LogP) is 3.45. The molecular formula is C16H22N4. The molecule has 4 nitrogen and oxygen atoms in total. The summed E-state index contributed by atoms with van der Waals surface area (Å²) < 4.78 is 0. The molecule has 3 N–H and O–H groups in total. The highest BCUT2D eigenvalue weighted by Gasteiger charge is 2.24. The van der Waals surface area contributed by atoms with Gasteiger partial charge in [-0.3, -0.25) is 0 Å². The lowest BCUT2D eigenvalue weighted by molar-refractivity contribution is 0.260. The van der Waals surface area contributed by atoms with Gasteiger partial charge >= 0.3 is 0 Å². The van der Waals surface area contributed by atoms with Crippen molar-refractivity contribution in [1.82, 2.24) is 9.97 Å². The van der Waals surface area contributed by atoms with Crippen molar-refractivity contribution in [1.29, 1.82) is 0 Å². The van der Waals surface area contributed by atoms with Crippen molar-refractivity contribution >= 4 is 22.4 Å². The summed E-state index contributed by atoms with van der Waals surface area (Å²) in [5.41, 5.74) is 7.45. The largest absolute Gasteiger partial charge is 0.399 e. The van der Waals surface area contributed by atoms with Gasteiger partial charge in [-0.15, -0.1) is 0 Å². The fourth-order valence-corrected chi connectivity index (χ4v) is 3.06. The molecule has 2 aromatic rings. The zero-order chi connectivity index (χ0) is 14.1. The highest BCUT2D eigenvalue weighted by molar-refractivity contribution is 5.90. The van der Waals surface area contributed by atoms with Crippen LogP contribution < -0.4 is 11.1 Å². The summed E-state index contributed by atoms with van der Waals surface area (Å²) in [6, 6.07) is 6.31. The van der Waals surface area contributed by atoms with Crippen LogP contribution in [-0.4, -0.2) is 16.0 Å². The second-order valence-electron chi connectivity index (χ2n) is 6.11. The summed E-state index contributed by atoms with van der Waals surface area (Å²) in [6.07, 6.45) is 5.32. The Morgan fingerprint density at radius 1 is 1.15 bits per heavy atom. The molecule has 0 amide bonds. The van der Waals surface area contributed by atoms with Crippen LogP contribution in [0.1, 0.15) is 33.1 Å². The Labute approximate surface area is 119 Å². The molecule has 1 aromatic carbocycles. The summed E-state index contributed by atoms with van der Waals surface area (Å²) in [5, 5.41) is 4.65. The molecule has 1 fully saturated rings. The summed E-state index contributed by atoms with van der Waals surface area (Å²) in [5.74, 6) is 2.53. The predicted molar refractivity (Wildman–Crippen MR) is 83.5 cm³/mol. The second kappa shape index (κ2) is 5.27. The Hall–Kier alpha value is -1.84. The van der Waals surface area contributed by atoms with Crippen LogP contribution in [0.5, 0.6) is 0 Å². The first-order chi connectivity index (χ1) is 9.63. The highest BCUT2D eigenvalue weighted by atomic mass is 15.0. The van der Waals surface area contributed by atoms with Gasteiger partial charge < -0.3 is 11.1 Å². The van der Waals surface area contributed by atoms with E-state index in [4.69, 9.17) is 5.73 Å². The van der Waals surface area contributed by atoms with Gasteiger partial charge in [-0.1, -0.05) is 13.8 Å². The van der Waals surface area contributed by atoms with E-state index in [1.165, 1.54) is 19.3 Å². The molecule has 1 aliphatic rings. The van der Waals surface area contributed by atoms with Gasteiger partial charge in [-0.05, 0) is 49.3 Å². The number of nitrogens with zero attached hydrogens (tertiary/aromatic N) is 2. The van der Waals surface area contributed by atoms with E-state index in [2.05, 4.69) is 29.1 Å². The maximum absolute atomic E-state index is 5.81. The van der Waals surface area contributed by atoms with Crippen molar-refractivity contribution in [3.05, 3.63) is 24.5 Å². The van der Waals surface area contributed by atoms with Crippen LogP contribution in [0.25, 0.3) is 10.9 Å². The molecule has 0 saturated heterocycles. The number of nitrogen functional groups attached to an aromatic ring is 1. The quantitative estimate of drug-likeness (QED) is 0.820. The summed E-state index contributed by atoms with van der Waals surface area (Å²) in [7, 11) is 0. The molecule has 106 valence electrons. The third-order valence-electron chi connectivity index (χ3n) is 4.60. The first-order valence-electron chi connectivity index (χ1n) is 7.40. The maximum atomic E-state index is 5.81. The Kier molecular flexibility index (Phi) is 3.47. The highest BCUT2D eigenvalue weighted by Crippen LogP contribution is 2.32. The van der Waals surface area contributed by atoms with Crippen molar-refractivity contribution in [2.75, 3.05) is 11.1 Å². The average Bonchev–Trinajstić information content (AvgIpc) is 2.43. The number of nitrogens with one attached hydrogen (secondary N) is 1. The normalized spacial score (nSPS) is 26.6. The molecule has 20 heavy (non-hydrogen) atoms. The topological polar surface area (TPSA) is 63.8 Å². The van der Waals surface area contributed by atoms with Crippen molar-refractivity contribution in [2.45, 2.75) is 39.2 Å². The standard InChI is InChI=1S/C16H22N4/c1-10-3-5-13(7-11(10)2)20-16-14-6-4-12(17)8-15(14)18-9-19-16/h4,6,8-11,13H,3,5,7,17H2,1-2H3,(H,18,19,20). The first kappa shape index (κ1) is 13.2. The Balaban J connectivity index is 1.84. The number of anilines is 2. The molecule has 0 radical (unpaired) electrons. The van der Waals surface area contributed by atoms with E-state index in [1.807, 2.05) is 18.2 Å². The number of nitrogens with two attached hydrogens (primary N) is 1. The van der Waals surface area contributed by atoms with E-state index in [0.29, 0.717) is 6.04 Å². The van der Waals surface area contributed by atoms with Gasteiger partial charge in [0.25, 0.3) is 0 Å². The number of aromatic nitrogens is 2. The fraction of sp³-hybridized carbons (Fsp3) is 0.500. The van der Waals surface area contributed by atoms with Crippen molar-refractivity contribution < 1.29 is 0 Å². The van der Waals surface area contributed by atoms with E-state index in [9.17, 15) is 0 Å². The summed E-state index contributed by atoms with van der Waals surface area (Å²) in [6.45, 7) is 4.70. The van der Waals surface area contributed by atoms with Gasteiger partial charge in [0.15, 0.2) is 0 Å². The lowest BCUT2D eigenvalue weighted by Gasteiger charge is -2.32. The van der Waals surface area contributed by atoms with E-state index < -0.39 is 0 Å². The molecule has 3 unspecified atom stereocenters. The van der Waals surface area contributed by atoms with Gasteiger partial charge in [0.1, 0.15) is 12.1 Å². The van der Waals surface area contributed by atoms with E-state index in [-0.39, 0.29) is 0 Å². The van der Waals surface area contributed by atoms with Gasteiger partial charge in [0.2, 0.25) is 0 Å². The second-order valence-corrected chi connectivity index (χ2v) is 6.11. The van der Waals surface area contributed by atoms with Gasteiger partial charge in [0.05, 0.1) is 5.52 Å². The lowest BCUT2D eigenvalue weighted by Crippen LogP contribution is -2.30. The minimum Gasteiger partial charge on any atom is -0.399 e. The van der Waals surface area contributed by atoms with Crippen LogP contribution >= 0.6 is 0 Å². The van der Waals surface area contributed by atoms with Crippen molar-refractivity contribution in [2.24, 2.45) is 11.8 Å². The lowest BCUT2D eigenvalue weighted by atomic mass is 9.79. The third kappa shape index (κ3) is 2.55. The monoisotopic (exact) mass is 270 g/mol. The Morgan fingerprint density at radius 2 is 2.00 bits per heavy atom. The third-order valence-corrected chi connectivity index (χ3v) is 4.60. The summed E-state index contributed by atoms with van der Waals surface area (Å²) in [4.78, 5) is 8.70. The van der Waals surface area contributed by atoms with Crippen molar-refractivity contribution in [3.8, 4) is 0 Å². The van der Waals surface area contributed by atoms with Gasteiger partial charge in [0, 0.05) is 17.1 Å². The number of fused-ring (bicyclic) bond motifs is 1. The van der Waals surface area contributed by atoms with Gasteiger partial charge in [-0.25, -0.2) is 9.97 Å². The molecule has 1 aliphatic carbocycles. The molecule has 1 heterocycles. The molecule has 0 aliphatic heterocycles. The minimum atomic E-state index is 0.511. The Bertz CT molecular complexity index is 610. The van der Waals surface area contributed by atoms with Crippen LogP contribution in [0.3, 0.4) is 0 Å². The molecule has 0 bridgehead atoms. The molecule has 3 atom stereocenters. The smallest absolute Gasteiger partial charge is 0.137 e. The zero-order valence-corrected chi connectivity index (χ0v) is 12.1. The van der Waals surface area contributed by atoms with Crippen molar-refractivity contribution in [3.63, 3.8) is 0 Å². The van der Waals surface area contributed by atoms with Crippen LogP contribution in [-0.2, 0) is 0 Å². The molecule has 1 aromatic heterocycles. The number of rotatable bonds is 2. The van der Waals surface area contributed by atoms with Gasteiger partial charge in [-0.2, -0.15) is 0 Å². The number of hydrogen-bond acceptors (Lipinski definition) is 4. The molecule has 3 rings (SSSR count). The average molecular weight is 270 g/mol. The fourth-order valence-electron chi connectivity index (χ4n) is 3.06. The van der Waals surface area contributed by atoms with Crippen LogP contribution in [0.15, 0.2) is 24.5 Å². The summed E-state index contributed by atoms with van der Waals surface area (Å²) >= 11 is 0. The zero-order valence-electron chi connectivity index (χ0n) is 12.1. The number of hydrogen-bond donors (Lipinski definition) is 2. The number of benzene rings is 1. The first-order valence-corrected chi connectivity index (χ1v) is 7.40. The Morgan fingerprint density at radius 3 is 2.80 bits per heavy atom. The molecule has 4 heteroatoms. The molecular weight excluding hydrogens is 248 g/mol. The van der Waals surface area contributed by atoms with E-state index >= 15 is 0 Å². The van der Waals surface area contributed by atoms with E-state index in [0.717, 1.165) is 34.2 Å². The SMILES string of the molecule is CC1CCC(Nc2ncnc3cc(N)ccc23)CC1C. The van der Waals surface area contributed by atoms with Crippen LogP contribution in [0.4, 0.5) is 11.5 Å². The van der Waals surface area contributed by atoms with Crippen LogP contribution in [0.2, 0.25) is 0 Å². The minimum absolute atomic E-state index is 0.511.